The number of rotatable bonds is 4. The Kier molecular flexibility index (Phi) is 5.28. The fourth-order valence-electron chi connectivity index (χ4n) is 3.36. The highest BCUT2D eigenvalue weighted by molar-refractivity contribution is 7.89. The molecule has 9 heteroatoms. The Labute approximate surface area is 173 Å². The third-order valence-electron chi connectivity index (χ3n) is 4.94. The van der Waals surface area contributed by atoms with E-state index < -0.39 is 10.0 Å². The summed E-state index contributed by atoms with van der Waals surface area (Å²) in [5.74, 6) is 0.167. The minimum Gasteiger partial charge on any atom is -0.495 e. The van der Waals surface area contributed by atoms with Crippen molar-refractivity contribution in [2.75, 3.05) is 33.3 Å². The minimum atomic E-state index is -3.70. The number of amides is 1. The van der Waals surface area contributed by atoms with E-state index in [9.17, 15) is 13.2 Å². The van der Waals surface area contributed by atoms with Crippen molar-refractivity contribution in [2.24, 2.45) is 0 Å². The molecule has 0 radical (unpaired) electrons. The predicted octanol–water partition coefficient (Wildman–Crippen LogP) is 2.76. The first-order valence-corrected chi connectivity index (χ1v) is 11.5. The molecule has 0 saturated carbocycles. The Morgan fingerprint density at radius 2 is 1.83 bits per heavy atom. The maximum atomic E-state index is 13.1. The molecule has 1 aliphatic rings. The summed E-state index contributed by atoms with van der Waals surface area (Å²) in [6.45, 7) is 2.95. The Hall–Kier alpha value is -2.49. The van der Waals surface area contributed by atoms with Crippen LogP contribution in [-0.4, -0.2) is 61.8 Å². The Bertz CT molecular complexity index is 1130. The van der Waals surface area contributed by atoms with Crippen LogP contribution in [0, 0.1) is 6.92 Å². The first-order chi connectivity index (χ1) is 13.9. The minimum absolute atomic E-state index is 0.156. The number of piperazine rings is 1. The summed E-state index contributed by atoms with van der Waals surface area (Å²) in [6.07, 6.45) is 0. The number of carbonyl (C=O) groups is 1. The zero-order valence-electron chi connectivity index (χ0n) is 16.2. The number of fused-ring (bicyclic) bond motifs is 1. The van der Waals surface area contributed by atoms with Gasteiger partial charge in [-0.2, -0.15) is 4.31 Å². The van der Waals surface area contributed by atoms with Crippen LogP contribution in [-0.2, 0) is 10.0 Å². The summed E-state index contributed by atoms with van der Waals surface area (Å²) in [5.41, 5.74) is 1.64. The van der Waals surface area contributed by atoms with E-state index >= 15 is 0 Å². The summed E-state index contributed by atoms with van der Waals surface area (Å²) in [5, 5.41) is 0.433. The van der Waals surface area contributed by atoms with Gasteiger partial charge in [0.25, 0.3) is 5.91 Å². The number of sulfonamides is 1. The molecular weight excluding hydrogens is 410 g/mol. The van der Waals surface area contributed by atoms with E-state index in [1.165, 1.54) is 22.8 Å². The van der Waals surface area contributed by atoms with Gasteiger partial charge < -0.3 is 9.64 Å². The standard InChI is InChI=1S/C20H21N3O4S2/c1-14-7-8-16(27-2)18(13-14)29(25,26)23-11-9-22(10-12-23)20(24)19-21-15-5-3-4-6-17(15)28-19/h3-8,13H,9-12H2,1-2H3. The maximum absolute atomic E-state index is 13.1. The van der Waals surface area contributed by atoms with Crippen LogP contribution < -0.4 is 4.74 Å². The third kappa shape index (κ3) is 3.73. The van der Waals surface area contributed by atoms with Gasteiger partial charge in [-0.15, -0.1) is 11.3 Å². The molecule has 29 heavy (non-hydrogen) atoms. The lowest BCUT2D eigenvalue weighted by atomic mass is 10.2. The fraction of sp³-hybridized carbons (Fsp3) is 0.300. The van der Waals surface area contributed by atoms with Gasteiger partial charge in [0.2, 0.25) is 10.0 Å². The van der Waals surface area contributed by atoms with Gasteiger partial charge in [-0.1, -0.05) is 18.2 Å². The van der Waals surface area contributed by atoms with Crippen LogP contribution in [0.5, 0.6) is 5.75 Å². The molecule has 1 aliphatic heterocycles. The molecule has 0 spiro atoms. The average Bonchev–Trinajstić information content (AvgIpc) is 3.17. The molecule has 3 aromatic rings. The zero-order chi connectivity index (χ0) is 20.6. The highest BCUT2D eigenvalue weighted by Gasteiger charge is 2.33. The highest BCUT2D eigenvalue weighted by atomic mass is 32.2. The fourth-order valence-corrected chi connectivity index (χ4v) is 5.95. The van der Waals surface area contributed by atoms with Crippen LogP contribution in [0.25, 0.3) is 10.2 Å². The van der Waals surface area contributed by atoms with E-state index in [1.807, 2.05) is 37.3 Å². The van der Waals surface area contributed by atoms with Crippen molar-refractivity contribution in [3.8, 4) is 5.75 Å². The average molecular weight is 432 g/mol. The third-order valence-corrected chi connectivity index (χ3v) is 7.88. The lowest BCUT2D eigenvalue weighted by Crippen LogP contribution is -2.50. The van der Waals surface area contributed by atoms with E-state index in [1.54, 1.807) is 17.0 Å². The number of thiazole rings is 1. The molecule has 2 aromatic carbocycles. The van der Waals surface area contributed by atoms with Crippen LogP contribution in [0.3, 0.4) is 0 Å². The van der Waals surface area contributed by atoms with Gasteiger partial charge in [-0.05, 0) is 36.8 Å². The number of hydrogen-bond acceptors (Lipinski definition) is 6. The molecule has 0 unspecified atom stereocenters. The molecule has 2 heterocycles. The molecule has 0 bridgehead atoms. The molecule has 1 fully saturated rings. The van der Waals surface area contributed by atoms with Crippen molar-refractivity contribution in [1.29, 1.82) is 0 Å². The van der Waals surface area contributed by atoms with E-state index in [2.05, 4.69) is 4.98 Å². The molecule has 1 amide bonds. The van der Waals surface area contributed by atoms with E-state index in [-0.39, 0.29) is 23.9 Å². The summed E-state index contributed by atoms with van der Waals surface area (Å²) in [4.78, 5) is 19.1. The quantitative estimate of drug-likeness (QED) is 0.635. The first kappa shape index (κ1) is 19.8. The maximum Gasteiger partial charge on any atom is 0.282 e. The molecule has 1 aromatic heterocycles. The van der Waals surface area contributed by atoms with Crippen molar-refractivity contribution < 1.29 is 17.9 Å². The number of aromatic nitrogens is 1. The van der Waals surface area contributed by atoms with Gasteiger partial charge in [-0.3, -0.25) is 4.79 Å². The van der Waals surface area contributed by atoms with Gasteiger partial charge in [0.1, 0.15) is 10.6 Å². The molecule has 1 saturated heterocycles. The molecule has 152 valence electrons. The number of methoxy groups -OCH3 is 1. The van der Waals surface area contributed by atoms with Gasteiger partial charge in [0.05, 0.1) is 17.3 Å². The zero-order valence-corrected chi connectivity index (χ0v) is 17.8. The second-order valence-electron chi connectivity index (χ2n) is 6.84. The number of benzene rings is 2. The number of ether oxygens (including phenoxy) is 1. The van der Waals surface area contributed by atoms with E-state index in [0.29, 0.717) is 23.8 Å². The van der Waals surface area contributed by atoms with Gasteiger partial charge in [-0.25, -0.2) is 13.4 Å². The number of nitrogens with zero attached hydrogens (tertiary/aromatic N) is 3. The van der Waals surface area contributed by atoms with E-state index in [4.69, 9.17) is 4.74 Å². The normalized spacial score (nSPS) is 15.6. The van der Waals surface area contributed by atoms with Gasteiger partial charge in [0, 0.05) is 26.2 Å². The Morgan fingerprint density at radius 3 is 2.52 bits per heavy atom. The summed E-state index contributed by atoms with van der Waals surface area (Å²) < 4.78 is 33.8. The number of aryl methyl sites for hydroxylation is 1. The lowest BCUT2D eigenvalue weighted by molar-refractivity contribution is 0.0697. The smallest absolute Gasteiger partial charge is 0.282 e. The van der Waals surface area contributed by atoms with Crippen molar-refractivity contribution >= 4 is 37.5 Å². The summed E-state index contributed by atoms with van der Waals surface area (Å²) in [6, 6.07) is 12.7. The topological polar surface area (TPSA) is 79.8 Å². The molecular formula is C20H21N3O4S2. The number of hydrogen-bond donors (Lipinski definition) is 0. The molecule has 7 nitrogen and oxygen atoms in total. The Balaban J connectivity index is 1.50. The van der Waals surface area contributed by atoms with Gasteiger partial charge in [0.15, 0.2) is 5.01 Å². The highest BCUT2D eigenvalue weighted by Crippen LogP contribution is 2.29. The number of para-hydroxylation sites is 1. The molecule has 0 aliphatic carbocycles. The largest absolute Gasteiger partial charge is 0.495 e. The van der Waals surface area contributed by atoms with Crippen LogP contribution in [0.15, 0.2) is 47.4 Å². The number of carbonyl (C=O) groups excluding carboxylic acids is 1. The van der Waals surface area contributed by atoms with E-state index in [0.717, 1.165) is 15.8 Å². The van der Waals surface area contributed by atoms with Crippen molar-refractivity contribution in [3.05, 3.63) is 53.0 Å². The summed E-state index contributed by atoms with van der Waals surface area (Å²) in [7, 11) is -2.25. The van der Waals surface area contributed by atoms with Crippen LogP contribution in [0.2, 0.25) is 0 Å². The molecule has 0 atom stereocenters. The second-order valence-corrected chi connectivity index (χ2v) is 9.77. The van der Waals surface area contributed by atoms with Crippen molar-refractivity contribution in [2.45, 2.75) is 11.8 Å². The Morgan fingerprint density at radius 1 is 1.10 bits per heavy atom. The monoisotopic (exact) mass is 431 g/mol. The van der Waals surface area contributed by atoms with Gasteiger partial charge >= 0.3 is 0 Å². The van der Waals surface area contributed by atoms with Crippen LogP contribution >= 0.6 is 11.3 Å². The van der Waals surface area contributed by atoms with Crippen molar-refractivity contribution in [1.82, 2.24) is 14.2 Å². The van der Waals surface area contributed by atoms with Crippen LogP contribution in [0.4, 0.5) is 0 Å². The summed E-state index contributed by atoms with van der Waals surface area (Å²) >= 11 is 1.36. The van der Waals surface area contributed by atoms with Crippen molar-refractivity contribution in [3.63, 3.8) is 0 Å². The SMILES string of the molecule is COc1ccc(C)cc1S(=O)(=O)N1CCN(C(=O)c2nc3ccccc3s2)CC1. The lowest BCUT2D eigenvalue weighted by Gasteiger charge is -2.33. The predicted molar refractivity (Wildman–Crippen MR) is 112 cm³/mol. The van der Waals surface area contributed by atoms with Crippen LogP contribution in [0.1, 0.15) is 15.4 Å². The molecule has 4 rings (SSSR count). The first-order valence-electron chi connectivity index (χ1n) is 9.20. The molecule has 0 N–H and O–H groups in total. The second kappa shape index (κ2) is 7.74.